The highest BCUT2D eigenvalue weighted by Gasteiger charge is 2.05. The molecule has 0 atom stereocenters. The van der Waals surface area contributed by atoms with Gasteiger partial charge in [0.25, 0.3) is 0 Å². The molecule has 1 aromatic carbocycles. The van der Waals surface area contributed by atoms with Crippen molar-refractivity contribution in [1.82, 2.24) is 14.8 Å². The number of benzene rings is 1. The number of hydrogen-bond donors (Lipinski definition) is 2. The third-order valence-corrected chi connectivity index (χ3v) is 2.55. The first-order valence-electron chi connectivity index (χ1n) is 5.75. The Bertz CT molecular complexity index is 559. The molecule has 0 aliphatic carbocycles. The predicted octanol–water partition coefficient (Wildman–Crippen LogP) is 1.32. The molecule has 0 aliphatic heterocycles. The summed E-state index contributed by atoms with van der Waals surface area (Å²) in [7, 11) is 1.54. The first-order valence-corrected chi connectivity index (χ1v) is 5.75. The summed E-state index contributed by atoms with van der Waals surface area (Å²) in [6, 6.07) is 5.11. The molecule has 1 heterocycles. The first kappa shape index (κ1) is 15.8. The van der Waals surface area contributed by atoms with E-state index in [1.165, 1.54) is 6.33 Å². The van der Waals surface area contributed by atoms with E-state index >= 15 is 0 Å². The number of carbonyl (C=O) groups excluding carboxylic acids is 1. The van der Waals surface area contributed by atoms with E-state index in [-0.39, 0.29) is 18.3 Å². The molecule has 1 aromatic heterocycles. The van der Waals surface area contributed by atoms with Crippen LogP contribution in [0.15, 0.2) is 30.9 Å². The molecule has 2 rings (SSSR count). The van der Waals surface area contributed by atoms with Gasteiger partial charge in [0.05, 0.1) is 19.3 Å². The number of nitrogens with zero attached hydrogens (tertiary/aromatic N) is 3. The maximum Gasteiger partial charge on any atom is 0.226 e. The monoisotopic (exact) mass is 297 g/mol. The summed E-state index contributed by atoms with van der Waals surface area (Å²) < 4.78 is 6.64. The van der Waals surface area contributed by atoms with Crippen molar-refractivity contribution in [3.8, 4) is 5.75 Å². The van der Waals surface area contributed by atoms with Gasteiger partial charge in [-0.05, 0) is 18.2 Å². The smallest absolute Gasteiger partial charge is 0.226 e. The summed E-state index contributed by atoms with van der Waals surface area (Å²) in [6.07, 6.45) is 3.32. The number of hydrogen-bond acceptors (Lipinski definition) is 5. The Balaban J connectivity index is 0.00000200. The van der Waals surface area contributed by atoms with Crippen LogP contribution < -0.4 is 15.8 Å². The Morgan fingerprint density at radius 1 is 1.50 bits per heavy atom. The minimum Gasteiger partial charge on any atom is -0.495 e. The fourth-order valence-corrected chi connectivity index (χ4v) is 1.60. The highest BCUT2D eigenvalue weighted by molar-refractivity contribution is 5.91. The number of nitrogen functional groups attached to an aromatic ring is 1. The second-order valence-corrected chi connectivity index (χ2v) is 3.91. The lowest BCUT2D eigenvalue weighted by atomic mass is 10.2. The number of amides is 1. The largest absolute Gasteiger partial charge is 0.495 e. The van der Waals surface area contributed by atoms with Gasteiger partial charge >= 0.3 is 0 Å². The summed E-state index contributed by atoms with van der Waals surface area (Å²) in [4.78, 5) is 15.5. The van der Waals surface area contributed by atoms with Gasteiger partial charge in [0, 0.05) is 12.1 Å². The summed E-state index contributed by atoms with van der Waals surface area (Å²) >= 11 is 0. The highest BCUT2D eigenvalue weighted by Crippen LogP contribution is 2.24. The van der Waals surface area contributed by atoms with Gasteiger partial charge in [0.15, 0.2) is 0 Å². The average molecular weight is 298 g/mol. The molecule has 0 bridgehead atoms. The number of nitrogens with two attached hydrogens (primary N) is 1. The number of nitrogens with one attached hydrogen (secondary N) is 1. The number of anilines is 2. The molecular weight excluding hydrogens is 282 g/mol. The van der Waals surface area contributed by atoms with Crippen molar-refractivity contribution in [3.05, 3.63) is 30.9 Å². The van der Waals surface area contributed by atoms with Crippen LogP contribution >= 0.6 is 12.4 Å². The van der Waals surface area contributed by atoms with Crippen LogP contribution in [0.2, 0.25) is 0 Å². The quantitative estimate of drug-likeness (QED) is 0.812. The van der Waals surface area contributed by atoms with Gasteiger partial charge in [-0.15, -0.1) is 12.4 Å². The van der Waals surface area contributed by atoms with Gasteiger partial charge in [-0.1, -0.05) is 0 Å². The summed E-state index contributed by atoms with van der Waals surface area (Å²) in [5, 5.41) is 6.68. The molecule has 0 radical (unpaired) electrons. The van der Waals surface area contributed by atoms with Crippen molar-refractivity contribution in [2.24, 2.45) is 0 Å². The van der Waals surface area contributed by atoms with Gasteiger partial charge in [-0.2, -0.15) is 5.10 Å². The second kappa shape index (κ2) is 7.34. The Morgan fingerprint density at radius 3 is 2.90 bits per heavy atom. The van der Waals surface area contributed by atoms with Crippen molar-refractivity contribution in [1.29, 1.82) is 0 Å². The maximum atomic E-state index is 11.7. The number of ether oxygens (including phenoxy) is 1. The van der Waals surface area contributed by atoms with E-state index in [1.807, 2.05) is 0 Å². The fourth-order valence-electron chi connectivity index (χ4n) is 1.60. The molecule has 0 saturated heterocycles. The number of rotatable bonds is 5. The van der Waals surface area contributed by atoms with Gasteiger partial charge < -0.3 is 15.8 Å². The summed E-state index contributed by atoms with van der Waals surface area (Å²) in [5.74, 6) is 0.473. The van der Waals surface area contributed by atoms with Gasteiger partial charge in [0.2, 0.25) is 5.91 Å². The van der Waals surface area contributed by atoms with Crippen LogP contribution in [-0.4, -0.2) is 27.8 Å². The van der Waals surface area contributed by atoms with Crippen molar-refractivity contribution >= 4 is 29.7 Å². The van der Waals surface area contributed by atoms with Crippen LogP contribution in [0.25, 0.3) is 0 Å². The minimum atomic E-state index is -0.111. The number of carbonyl (C=O) groups is 1. The van der Waals surface area contributed by atoms with E-state index in [1.54, 1.807) is 36.3 Å². The third-order valence-electron chi connectivity index (χ3n) is 2.55. The Morgan fingerprint density at radius 2 is 2.30 bits per heavy atom. The maximum absolute atomic E-state index is 11.7. The number of methoxy groups -OCH3 is 1. The minimum absolute atomic E-state index is 0. The zero-order valence-electron chi connectivity index (χ0n) is 10.9. The van der Waals surface area contributed by atoms with E-state index < -0.39 is 0 Å². The number of halogens is 1. The Labute approximate surface area is 122 Å². The van der Waals surface area contributed by atoms with Crippen LogP contribution in [-0.2, 0) is 11.3 Å². The van der Waals surface area contributed by atoms with Crippen molar-refractivity contribution in [3.63, 3.8) is 0 Å². The molecule has 20 heavy (non-hydrogen) atoms. The van der Waals surface area contributed by atoms with Gasteiger partial charge in [-0.3, -0.25) is 9.48 Å². The lowest BCUT2D eigenvalue weighted by Crippen LogP contribution is -2.14. The molecular formula is C12H16ClN5O2. The molecule has 0 fully saturated rings. The molecule has 7 nitrogen and oxygen atoms in total. The fraction of sp³-hybridized carbons (Fsp3) is 0.250. The van der Waals surface area contributed by atoms with Crippen LogP contribution in [0.3, 0.4) is 0 Å². The summed E-state index contributed by atoms with van der Waals surface area (Å²) in [5.41, 5.74) is 6.88. The van der Waals surface area contributed by atoms with E-state index in [4.69, 9.17) is 10.5 Å². The average Bonchev–Trinajstić information content (AvgIpc) is 2.90. The molecule has 1 amide bonds. The molecule has 3 N–H and O–H groups in total. The predicted molar refractivity (Wildman–Crippen MR) is 77.9 cm³/mol. The van der Waals surface area contributed by atoms with E-state index in [0.29, 0.717) is 30.1 Å². The zero-order valence-corrected chi connectivity index (χ0v) is 11.8. The first-order chi connectivity index (χ1) is 9.19. The normalized spacial score (nSPS) is 9.65. The molecule has 0 unspecified atom stereocenters. The lowest BCUT2D eigenvalue weighted by molar-refractivity contribution is -0.116. The van der Waals surface area contributed by atoms with Crippen molar-refractivity contribution in [2.75, 3.05) is 18.2 Å². The van der Waals surface area contributed by atoms with Crippen molar-refractivity contribution < 1.29 is 9.53 Å². The molecule has 0 spiro atoms. The Kier molecular flexibility index (Phi) is 5.79. The molecule has 8 heteroatoms. The number of aryl methyl sites for hydroxylation is 1. The van der Waals surface area contributed by atoms with Crippen LogP contribution in [0.1, 0.15) is 6.42 Å². The third kappa shape index (κ3) is 4.13. The van der Waals surface area contributed by atoms with E-state index in [2.05, 4.69) is 15.4 Å². The SMILES string of the molecule is COc1ccc(NC(=O)CCn2cncn2)cc1N.Cl. The Hall–Kier alpha value is -2.28. The van der Waals surface area contributed by atoms with Crippen LogP contribution in [0.4, 0.5) is 11.4 Å². The molecule has 108 valence electrons. The second-order valence-electron chi connectivity index (χ2n) is 3.91. The number of aromatic nitrogens is 3. The highest BCUT2D eigenvalue weighted by atomic mass is 35.5. The van der Waals surface area contributed by atoms with Gasteiger partial charge in [-0.25, -0.2) is 4.98 Å². The zero-order chi connectivity index (χ0) is 13.7. The van der Waals surface area contributed by atoms with Crippen molar-refractivity contribution in [2.45, 2.75) is 13.0 Å². The van der Waals surface area contributed by atoms with Crippen LogP contribution in [0, 0.1) is 0 Å². The molecule has 0 aliphatic rings. The lowest BCUT2D eigenvalue weighted by Gasteiger charge is -2.08. The topological polar surface area (TPSA) is 95.1 Å². The van der Waals surface area contributed by atoms with E-state index in [9.17, 15) is 4.79 Å². The standard InChI is InChI=1S/C12H15N5O2.ClH/c1-19-11-3-2-9(6-10(11)13)16-12(18)4-5-17-8-14-7-15-17;/h2-3,6-8H,4-5,13H2,1H3,(H,16,18);1H. The molecule has 2 aromatic rings. The summed E-state index contributed by atoms with van der Waals surface area (Å²) in [6.45, 7) is 0.484. The van der Waals surface area contributed by atoms with Gasteiger partial charge in [0.1, 0.15) is 18.4 Å². The van der Waals surface area contributed by atoms with Crippen LogP contribution in [0.5, 0.6) is 5.75 Å². The molecule has 0 saturated carbocycles. The van der Waals surface area contributed by atoms with E-state index in [0.717, 1.165) is 0 Å².